The van der Waals surface area contributed by atoms with Gasteiger partial charge in [-0.25, -0.2) is 0 Å². The topological polar surface area (TPSA) is 86.3 Å². The summed E-state index contributed by atoms with van der Waals surface area (Å²) in [6, 6.07) is 17.1. The third-order valence-electron chi connectivity index (χ3n) is 4.99. The van der Waals surface area contributed by atoms with Crippen LogP contribution in [0.25, 0.3) is 5.69 Å². The highest BCUT2D eigenvalue weighted by molar-refractivity contribution is 6.05. The zero-order chi connectivity index (χ0) is 21.8. The zero-order valence-corrected chi connectivity index (χ0v) is 17.7. The third kappa shape index (κ3) is 4.71. The number of ether oxygens (including phenoxy) is 1. The van der Waals surface area contributed by atoms with Crippen molar-refractivity contribution < 1.29 is 14.3 Å². The molecule has 0 radical (unpaired) electrons. The van der Waals surface area contributed by atoms with Gasteiger partial charge in [0.2, 0.25) is 0 Å². The SMILES string of the molecule is Cc1cc(C(=O)Nc2ccc(OCC(N)=O)cc2)c(C)n1-c1ccc(C(C)C)cc1. The predicted octanol–water partition coefficient (Wildman–Crippen LogP) is 4.33. The number of nitrogens with two attached hydrogens (primary N) is 1. The number of anilines is 1. The van der Waals surface area contributed by atoms with Gasteiger partial charge in [-0.2, -0.15) is 0 Å². The monoisotopic (exact) mass is 405 g/mol. The van der Waals surface area contributed by atoms with E-state index in [1.807, 2.05) is 19.9 Å². The number of nitrogens with zero attached hydrogens (tertiary/aromatic N) is 1. The standard InChI is InChI=1S/C24H27N3O3/c1-15(2)18-5-9-20(10-6-18)27-16(3)13-22(17(27)4)24(29)26-19-7-11-21(12-8-19)30-14-23(25)28/h5-13,15H,14H2,1-4H3,(H2,25,28)(H,26,29). The second kappa shape index (κ2) is 8.86. The van der Waals surface area contributed by atoms with Gasteiger partial charge >= 0.3 is 0 Å². The van der Waals surface area contributed by atoms with E-state index in [-0.39, 0.29) is 12.5 Å². The number of primary amides is 1. The van der Waals surface area contributed by atoms with Crippen molar-refractivity contribution in [2.45, 2.75) is 33.6 Å². The molecule has 3 rings (SSSR count). The van der Waals surface area contributed by atoms with Crippen LogP contribution in [0.5, 0.6) is 5.75 Å². The Kier molecular flexibility index (Phi) is 6.26. The summed E-state index contributed by atoms with van der Waals surface area (Å²) in [6.07, 6.45) is 0. The van der Waals surface area contributed by atoms with Crippen molar-refractivity contribution in [3.8, 4) is 11.4 Å². The molecule has 0 bridgehead atoms. The molecule has 0 aliphatic carbocycles. The molecule has 1 aromatic heterocycles. The number of aromatic nitrogens is 1. The fraction of sp³-hybridized carbons (Fsp3) is 0.250. The molecule has 0 saturated heterocycles. The number of hydrogen-bond donors (Lipinski definition) is 2. The van der Waals surface area contributed by atoms with Crippen molar-refractivity contribution in [2.24, 2.45) is 5.73 Å². The van der Waals surface area contributed by atoms with Gasteiger partial charge in [0.15, 0.2) is 6.61 Å². The van der Waals surface area contributed by atoms with E-state index in [2.05, 4.69) is 48.0 Å². The Bertz CT molecular complexity index is 1050. The molecule has 3 aromatic rings. The van der Waals surface area contributed by atoms with Crippen molar-refractivity contribution in [3.63, 3.8) is 0 Å². The van der Waals surface area contributed by atoms with Crippen LogP contribution in [-0.2, 0) is 4.79 Å². The van der Waals surface area contributed by atoms with E-state index in [1.54, 1.807) is 24.3 Å². The molecule has 1 heterocycles. The maximum absolute atomic E-state index is 12.9. The summed E-state index contributed by atoms with van der Waals surface area (Å²) in [5.74, 6) is 0.259. The van der Waals surface area contributed by atoms with Crippen LogP contribution < -0.4 is 15.8 Å². The molecular formula is C24H27N3O3. The first-order valence-corrected chi connectivity index (χ1v) is 9.88. The maximum Gasteiger partial charge on any atom is 0.257 e. The summed E-state index contributed by atoms with van der Waals surface area (Å²) in [4.78, 5) is 23.6. The van der Waals surface area contributed by atoms with Gasteiger partial charge in [-0.15, -0.1) is 0 Å². The second-order valence-corrected chi connectivity index (χ2v) is 7.60. The van der Waals surface area contributed by atoms with Gasteiger partial charge in [0.25, 0.3) is 11.8 Å². The van der Waals surface area contributed by atoms with E-state index in [1.165, 1.54) is 5.56 Å². The van der Waals surface area contributed by atoms with Gasteiger partial charge in [0, 0.05) is 22.8 Å². The molecule has 3 N–H and O–H groups in total. The fourth-order valence-corrected chi connectivity index (χ4v) is 3.39. The van der Waals surface area contributed by atoms with Gasteiger partial charge in [-0.3, -0.25) is 9.59 Å². The Balaban J connectivity index is 1.77. The van der Waals surface area contributed by atoms with Crippen molar-refractivity contribution in [2.75, 3.05) is 11.9 Å². The van der Waals surface area contributed by atoms with E-state index < -0.39 is 5.91 Å². The Morgan fingerprint density at radius 3 is 2.23 bits per heavy atom. The maximum atomic E-state index is 12.9. The predicted molar refractivity (Wildman–Crippen MR) is 118 cm³/mol. The molecule has 0 fully saturated rings. The normalized spacial score (nSPS) is 10.8. The summed E-state index contributed by atoms with van der Waals surface area (Å²) in [5.41, 5.74) is 10.5. The van der Waals surface area contributed by atoms with Crippen LogP contribution in [0.15, 0.2) is 54.6 Å². The summed E-state index contributed by atoms with van der Waals surface area (Å²) in [5, 5.41) is 2.91. The van der Waals surface area contributed by atoms with E-state index >= 15 is 0 Å². The lowest BCUT2D eigenvalue weighted by molar-refractivity contribution is -0.119. The van der Waals surface area contributed by atoms with E-state index in [0.717, 1.165) is 17.1 Å². The first-order valence-electron chi connectivity index (χ1n) is 9.88. The zero-order valence-electron chi connectivity index (χ0n) is 17.7. The van der Waals surface area contributed by atoms with Gasteiger partial charge in [0.1, 0.15) is 5.75 Å². The van der Waals surface area contributed by atoms with Crippen LogP contribution in [0.4, 0.5) is 5.69 Å². The highest BCUT2D eigenvalue weighted by Gasteiger charge is 2.17. The van der Waals surface area contributed by atoms with Gasteiger partial charge in [0.05, 0.1) is 5.56 Å². The Morgan fingerprint density at radius 1 is 1.03 bits per heavy atom. The fourth-order valence-electron chi connectivity index (χ4n) is 3.39. The average molecular weight is 405 g/mol. The third-order valence-corrected chi connectivity index (χ3v) is 4.99. The van der Waals surface area contributed by atoms with Crippen LogP contribution in [0.1, 0.15) is 47.1 Å². The molecule has 6 heteroatoms. The first kappa shape index (κ1) is 21.2. The number of amides is 2. The summed E-state index contributed by atoms with van der Waals surface area (Å²) in [7, 11) is 0. The number of benzene rings is 2. The first-order chi connectivity index (χ1) is 14.3. The number of carbonyl (C=O) groups is 2. The highest BCUT2D eigenvalue weighted by Crippen LogP contribution is 2.24. The summed E-state index contributed by atoms with van der Waals surface area (Å²) < 4.78 is 7.31. The minimum Gasteiger partial charge on any atom is -0.484 e. The van der Waals surface area contributed by atoms with Crippen LogP contribution >= 0.6 is 0 Å². The Morgan fingerprint density at radius 2 is 1.67 bits per heavy atom. The molecule has 0 aliphatic rings. The molecule has 0 saturated carbocycles. The molecule has 30 heavy (non-hydrogen) atoms. The largest absolute Gasteiger partial charge is 0.484 e. The molecule has 6 nitrogen and oxygen atoms in total. The Labute approximate surface area is 176 Å². The molecule has 0 atom stereocenters. The summed E-state index contributed by atoms with van der Waals surface area (Å²) in [6.45, 7) is 8.08. The van der Waals surface area contributed by atoms with E-state index in [0.29, 0.717) is 22.9 Å². The van der Waals surface area contributed by atoms with Gasteiger partial charge in [-0.05, 0) is 67.8 Å². The lowest BCUT2D eigenvalue weighted by Crippen LogP contribution is -2.20. The van der Waals surface area contributed by atoms with Crippen molar-refractivity contribution in [1.29, 1.82) is 0 Å². The van der Waals surface area contributed by atoms with Crippen LogP contribution in [-0.4, -0.2) is 23.0 Å². The molecule has 156 valence electrons. The second-order valence-electron chi connectivity index (χ2n) is 7.60. The number of hydrogen-bond acceptors (Lipinski definition) is 3. The van der Waals surface area contributed by atoms with Crippen LogP contribution in [0, 0.1) is 13.8 Å². The van der Waals surface area contributed by atoms with Gasteiger partial charge < -0.3 is 20.4 Å². The highest BCUT2D eigenvalue weighted by atomic mass is 16.5. The number of nitrogens with one attached hydrogen (secondary N) is 1. The molecule has 0 unspecified atom stereocenters. The van der Waals surface area contributed by atoms with E-state index in [9.17, 15) is 9.59 Å². The molecule has 0 spiro atoms. The Hall–Kier alpha value is -3.54. The van der Waals surface area contributed by atoms with Crippen molar-refractivity contribution >= 4 is 17.5 Å². The number of rotatable bonds is 7. The van der Waals surface area contributed by atoms with Crippen molar-refractivity contribution in [3.05, 3.63) is 77.1 Å². The molecular weight excluding hydrogens is 378 g/mol. The number of carbonyl (C=O) groups excluding carboxylic acids is 2. The number of aryl methyl sites for hydroxylation is 1. The van der Waals surface area contributed by atoms with Crippen LogP contribution in [0.3, 0.4) is 0 Å². The molecule has 2 amide bonds. The smallest absolute Gasteiger partial charge is 0.257 e. The minimum atomic E-state index is -0.540. The average Bonchev–Trinajstić information content (AvgIpc) is 3.01. The lowest BCUT2D eigenvalue weighted by atomic mass is 10.0. The summed E-state index contributed by atoms with van der Waals surface area (Å²) >= 11 is 0. The molecule has 2 aromatic carbocycles. The quantitative estimate of drug-likeness (QED) is 0.613. The molecule has 0 aliphatic heterocycles. The lowest BCUT2D eigenvalue weighted by Gasteiger charge is -2.12. The van der Waals surface area contributed by atoms with E-state index in [4.69, 9.17) is 10.5 Å². The van der Waals surface area contributed by atoms with Gasteiger partial charge in [-0.1, -0.05) is 26.0 Å². The van der Waals surface area contributed by atoms with Crippen LogP contribution in [0.2, 0.25) is 0 Å². The van der Waals surface area contributed by atoms with Crippen molar-refractivity contribution in [1.82, 2.24) is 4.57 Å². The minimum absolute atomic E-state index is 0.182.